The molecule has 22 nitrogen and oxygen atoms in total. The van der Waals surface area contributed by atoms with Gasteiger partial charge in [0.05, 0.1) is 11.1 Å². The van der Waals surface area contributed by atoms with Crippen LogP contribution in [0.1, 0.15) is 141 Å². The van der Waals surface area contributed by atoms with Gasteiger partial charge in [-0.3, -0.25) is 23.9 Å². The molecule has 25 heteroatoms. The van der Waals surface area contributed by atoms with Gasteiger partial charge in [0, 0.05) is 88.9 Å². The third-order valence-corrected chi connectivity index (χ3v) is 18.1. The minimum atomic E-state index is -4.17. The number of nitrogens with zero attached hydrogens (tertiary/aromatic N) is 11. The average Bonchev–Trinajstić information content (AvgIpc) is 4.45. The molecule has 0 aromatic carbocycles. The van der Waals surface area contributed by atoms with E-state index in [0.29, 0.717) is 74.0 Å². The van der Waals surface area contributed by atoms with E-state index >= 15 is 0 Å². The summed E-state index contributed by atoms with van der Waals surface area (Å²) in [6.45, 7) is 28.5. The minimum Gasteiger partial charge on any atom is -0.350 e. The molecule has 6 aliphatic rings. The first kappa shape index (κ1) is 59.1. The second-order valence-corrected chi connectivity index (χ2v) is 28.9. The summed E-state index contributed by atoms with van der Waals surface area (Å²) in [4.78, 5) is 69.5. The molecule has 4 aromatic rings. The fraction of sp³-hybridized carbons (Fsp3) is 0.630. The Labute approximate surface area is 470 Å². The Morgan fingerprint density at radius 3 is 1.58 bits per heavy atom. The lowest BCUT2D eigenvalue weighted by molar-refractivity contribution is 0.0972. The Hall–Kier alpha value is -6.01. The molecule has 6 aliphatic heterocycles. The number of halogens is 1. The van der Waals surface area contributed by atoms with Crippen molar-refractivity contribution in [3.63, 3.8) is 0 Å². The molecule has 4 fully saturated rings. The van der Waals surface area contributed by atoms with Crippen molar-refractivity contribution in [2.45, 2.75) is 155 Å². The van der Waals surface area contributed by atoms with Gasteiger partial charge in [0.15, 0.2) is 10.1 Å². The summed E-state index contributed by atoms with van der Waals surface area (Å²) >= 11 is 6.11. The normalized spacial score (nSPS) is 22.5. The van der Waals surface area contributed by atoms with Crippen LogP contribution in [-0.4, -0.2) is 143 Å². The summed E-state index contributed by atoms with van der Waals surface area (Å²) in [5, 5.41) is 11.0. The number of carbonyl (C=O) groups excluding carboxylic acids is 4. The molecule has 6 amide bonds. The summed E-state index contributed by atoms with van der Waals surface area (Å²) in [5.74, 6) is 0.579. The highest BCUT2D eigenvalue weighted by atomic mass is 35.5. The SMILES string of the molecule is CC(C)(C)CCN1CCN(c2ccc3c(n2)N2CC(CCCn4ccc(n4)S(=O)(=O)NC3=O)CC2(C)C)C1=O.CC(C)(C)CCN1CCNC1=O.CC1(C)CC2CCCn3ccc(n3)S(=O)(=O)NC(=O)c3ccc(Cl)nc3N1C2. The van der Waals surface area contributed by atoms with E-state index in [1.807, 2.05) is 9.80 Å². The summed E-state index contributed by atoms with van der Waals surface area (Å²) in [6.07, 6.45) is 10.7. The first-order valence-corrected chi connectivity index (χ1v) is 30.8. The standard InChI is InChI=1S/C27H39N7O4S.C18H22ClN5O3S.C9H18N2O/c1-26(2,3)11-14-31-15-16-33(25(31)36)21-9-8-20-23(28-21)34-18-19(17-27(34,4)5)7-6-12-32-13-10-22(29-32)39(37,38)30-24(20)35;1-18(2)10-12-4-3-8-23-9-7-15(21-23)28(26,27)22-17(25)13-5-6-14(19)20-16(13)24(18)11-12;1-9(2,3)4-6-11-7-5-10-8(11)12/h8-10,13,19H,6-7,11-12,14-18H2,1-5H3,(H,30,35);5-7,9,12H,3-4,8,10-11H2,1-2H3,(H,22,25);4-7H2,1-3H3,(H,10,12). The lowest BCUT2D eigenvalue weighted by Crippen LogP contribution is -2.41. The average molecular weight is 1150 g/mol. The van der Waals surface area contributed by atoms with Gasteiger partial charge in [-0.05, 0) is 138 Å². The molecule has 10 rings (SSSR count). The number of urea groups is 2. The van der Waals surface area contributed by atoms with Gasteiger partial charge in [-0.15, -0.1) is 0 Å². The smallest absolute Gasteiger partial charge is 0.325 e. The van der Waals surface area contributed by atoms with E-state index in [4.69, 9.17) is 16.6 Å². The number of hydrogen-bond acceptors (Lipinski definition) is 14. The van der Waals surface area contributed by atoms with Gasteiger partial charge in [-0.1, -0.05) is 53.1 Å². The van der Waals surface area contributed by atoms with Crippen LogP contribution in [0, 0.1) is 22.7 Å². The van der Waals surface area contributed by atoms with Crippen molar-refractivity contribution in [1.29, 1.82) is 0 Å². The summed E-state index contributed by atoms with van der Waals surface area (Å²) in [7, 11) is -8.25. The second-order valence-electron chi connectivity index (χ2n) is 25.3. The summed E-state index contributed by atoms with van der Waals surface area (Å²) in [5.41, 5.74) is 0.237. The zero-order valence-corrected chi connectivity index (χ0v) is 49.8. The zero-order chi connectivity index (χ0) is 57.5. The van der Waals surface area contributed by atoms with Crippen molar-refractivity contribution >= 4 is 73.0 Å². The van der Waals surface area contributed by atoms with Crippen LogP contribution in [0.25, 0.3) is 0 Å². The Bertz CT molecular complexity index is 3150. The number of aryl methyl sites for hydroxylation is 2. The molecule has 0 aliphatic carbocycles. The maximum atomic E-state index is 13.4. The van der Waals surface area contributed by atoms with Crippen LogP contribution in [0.3, 0.4) is 0 Å². The number of rotatable bonds is 5. The van der Waals surface area contributed by atoms with Crippen molar-refractivity contribution in [1.82, 2.24) is 54.1 Å². The molecule has 79 heavy (non-hydrogen) atoms. The lowest BCUT2D eigenvalue weighted by Gasteiger charge is -2.34. The van der Waals surface area contributed by atoms with E-state index in [1.165, 1.54) is 24.3 Å². The van der Waals surface area contributed by atoms with Gasteiger partial charge < -0.3 is 24.9 Å². The third kappa shape index (κ3) is 14.3. The van der Waals surface area contributed by atoms with Gasteiger partial charge in [-0.25, -0.2) is 29.0 Å². The van der Waals surface area contributed by atoms with Crippen molar-refractivity contribution in [3.8, 4) is 0 Å². The number of fused-ring (bicyclic) bond motifs is 12. The van der Waals surface area contributed by atoms with Crippen molar-refractivity contribution in [3.05, 3.63) is 65.1 Å². The minimum absolute atomic E-state index is 0.0965. The number of nitrogens with one attached hydrogen (secondary N) is 3. The van der Waals surface area contributed by atoms with E-state index < -0.39 is 31.9 Å². The fourth-order valence-electron chi connectivity index (χ4n) is 11.1. The van der Waals surface area contributed by atoms with E-state index in [0.717, 1.165) is 77.5 Å². The van der Waals surface area contributed by atoms with Gasteiger partial charge in [-0.2, -0.15) is 27.0 Å². The molecule has 432 valence electrons. The molecule has 3 N–H and O–H groups in total. The molecule has 8 bridgehead atoms. The number of carbonyl (C=O) groups is 4. The topological polar surface area (TPSA) is 250 Å². The second kappa shape index (κ2) is 22.9. The third-order valence-electron chi connectivity index (χ3n) is 15.4. The van der Waals surface area contributed by atoms with Gasteiger partial charge in [0.25, 0.3) is 31.9 Å². The molecule has 4 aromatic heterocycles. The quantitative estimate of drug-likeness (QED) is 0.165. The van der Waals surface area contributed by atoms with Crippen molar-refractivity contribution < 1.29 is 36.0 Å². The molecule has 4 saturated heterocycles. The van der Waals surface area contributed by atoms with Crippen LogP contribution in [-0.2, 0) is 33.1 Å². The molecular weight excluding hydrogens is 1070 g/mol. The Kier molecular flexibility index (Phi) is 17.1. The molecule has 2 unspecified atom stereocenters. The highest BCUT2D eigenvalue weighted by Crippen LogP contribution is 2.42. The summed E-state index contributed by atoms with van der Waals surface area (Å²) < 4.78 is 58.7. The predicted molar refractivity (Wildman–Crippen MR) is 302 cm³/mol. The van der Waals surface area contributed by atoms with E-state index in [9.17, 15) is 36.0 Å². The summed E-state index contributed by atoms with van der Waals surface area (Å²) in [6, 6.07) is 9.02. The van der Waals surface area contributed by atoms with Crippen LogP contribution in [0.2, 0.25) is 5.15 Å². The molecule has 0 radical (unpaired) electrons. The fourth-order valence-corrected chi connectivity index (χ4v) is 13.1. The van der Waals surface area contributed by atoms with Crippen molar-refractivity contribution in [2.75, 3.05) is 67.1 Å². The van der Waals surface area contributed by atoms with Gasteiger partial charge in [0.1, 0.15) is 22.6 Å². The molecule has 0 saturated carbocycles. The Balaban J connectivity index is 0.000000178. The van der Waals surface area contributed by atoms with E-state index in [2.05, 4.69) is 109 Å². The van der Waals surface area contributed by atoms with Gasteiger partial charge in [0.2, 0.25) is 0 Å². The Morgan fingerprint density at radius 2 is 1.10 bits per heavy atom. The Morgan fingerprint density at radius 1 is 0.620 bits per heavy atom. The zero-order valence-electron chi connectivity index (χ0n) is 47.4. The molecule has 2 atom stereocenters. The van der Waals surface area contributed by atoms with Gasteiger partial charge >= 0.3 is 12.1 Å². The maximum Gasteiger partial charge on any atom is 0.325 e. The maximum absolute atomic E-state index is 13.4. The molecule has 0 spiro atoms. The first-order valence-electron chi connectivity index (χ1n) is 27.4. The van der Waals surface area contributed by atoms with Crippen LogP contribution < -0.4 is 29.5 Å². The van der Waals surface area contributed by atoms with Crippen LogP contribution in [0.15, 0.2) is 58.8 Å². The monoisotopic (exact) mass is 1150 g/mol. The van der Waals surface area contributed by atoms with Crippen LogP contribution in [0.4, 0.5) is 27.0 Å². The predicted octanol–water partition coefficient (Wildman–Crippen LogP) is 7.37. The van der Waals surface area contributed by atoms with E-state index in [1.54, 1.807) is 38.8 Å². The lowest BCUT2D eigenvalue weighted by atomic mass is 9.92. The van der Waals surface area contributed by atoms with E-state index in [-0.39, 0.29) is 54.9 Å². The number of hydrogen-bond donors (Lipinski definition) is 3. The van der Waals surface area contributed by atoms with Crippen molar-refractivity contribution in [2.24, 2.45) is 22.7 Å². The largest absolute Gasteiger partial charge is 0.350 e. The number of sulfonamides is 2. The number of aromatic nitrogens is 6. The highest BCUT2D eigenvalue weighted by molar-refractivity contribution is 7.90. The molecule has 10 heterocycles. The van der Waals surface area contributed by atoms with Crippen LogP contribution in [0.5, 0.6) is 0 Å². The first-order chi connectivity index (χ1) is 36.9. The number of amides is 6. The van der Waals surface area contributed by atoms with Crippen LogP contribution >= 0.6 is 11.6 Å². The highest BCUT2D eigenvalue weighted by Gasteiger charge is 2.43. The molecular formula is C54H79ClN14O8S2. The number of anilines is 3. The number of pyridine rings is 2.